The first-order valence-electron chi connectivity index (χ1n) is 8.94. The Morgan fingerprint density at radius 3 is 2.24 bits per heavy atom. The van der Waals surface area contributed by atoms with E-state index in [0.717, 1.165) is 11.3 Å². The molecule has 0 aromatic heterocycles. The second-order valence-corrected chi connectivity index (χ2v) is 7.39. The lowest BCUT2D eigenvalue weighted by Gasteiger charge is -2.24. The lowest BCUT2D eigenvalue weighted by Crippen LogP contribution is -2.47. The highest BCUT2D eigenvalue weighted by Crippen LogP contribution is 2.52. The number of nitrogens with one attached hydrogen (secondary N) is 1. The third-order valence-corrected chi connectivity index (χ3v) is 5.37. The molecule has 2 bridgehead atoms. The molecule has 0 aromatic carbocycles. The number of imide groups is 1. The van der Waals surface area contributed by atoms with Crippen molar-refractivity contribution in [1.82, 2.24) is 15.1 Å². The molecule has 4 atom stereocenters. The first-order valence-corrected chi connectivity index (χ1v) is 8.94. The van der Waals surface area contributed by atoms with Crippen LogP contribution in [0.15, 0.2) is 12.2 Å². The minimum atomic E-state index is -0.372. The number of fused-ring (bicyclic) bond motifs is 5. The highest BCUT2D eigenvalue weighted by molar-refractivity contribution is 6.08. The predicted molar refractivity (Wildman–Crippen MR) is 90.0 cm³/mol. The first kappa shape index (κ1) is 17.6. The molecule has 0 aromatic rings. The maximum atomic E-state index is 12.6. The van der Waals surface area contributed by atoms with Crippen LogP contribution in [0, 0.1) is 23.7 Å². The molecule has 2 fully saturated rings. The van der Waals surface area contributed by atoms with Crippen LogP contribution in [0.4, 0.5) is 0 Å². The molecule has 1 N–H and O–H groups in total. The third-order valence-electron chi connectivity index (χ3n) is 5.37. The van der Waals surface area contributed by atoms with Gasteiger partial charge in [-0.1, -0.05) is 12.2 Å². The number of hydrogen-bond acceptors (Lipinski definition) is 4. The highest BCUT2D eigenvalue weighted by Gasteiger charge is 2.59. The number of allylic oxidation sites excluding steroid dienone is 2. The van der Waals surface area contributed by atoms with Gasteiger partial charge in [0.15, 0.2) is 0 Å². The fourth-order valence-electron chi connectivity index (χ4n) is 4.27. The Morgan fingerprint density at radius 2 is 1.76 bits per heavy atom. The highest BCUT2D eigenvalue weighted by atomic mass is 16.2. The zero-order chi connectivity index (χ0) is 18.3. The van der Waals surface area contributed by atoms with Gasteiger partial charge < -0.3 is 10.2 Å². The Labute approximate surface area is 147 Å². The van der Waals surface area contributed by atoms with E-state index in [-0.39, 0.29) is 66.4 Å². The fraction of sp³-hybridized carbons (Fsp3) is 0.667. The molecule has 3 aliphatic rings. The van der Waals surface area contributed by atoms with E-state index in [1.807, 2.05) is 26.0 Å². The quantitative estimate of drug-likeness (QED) is 0.548. The summed E-state index contributed by atoms with van der Waals surface area (Å²) in [5.41, 5.74) is 0. The number of carbonyl (C=O) groups is 4. The third kappa shape index (κ3) is 3.07. The van der Waals surface area contributed by atoms with Gasteiger partial charge in [0.25, 0.3) is 0 Å². The molecule has 1 heterocycles. The van der Waals surface area contributed by atoms with Crippen LogP contribution >= 0.6 is 0 Å². The first-order chi connectivity index (χ1) is 11.8. The van der Waals surface area contributed by atoms with Gasteiger partial charge in [-0.2, -0.15) is 0 Å². The maximum absolute atomic E-state index is 12.6. The van der Waals surface area contributed by atoms with Crippen LogP contribution in [0.2, 0.25) is 0 Å². The average molecular weight is 347 g/mol. The number of nitrogens with zero attached hydrogens (tertiary/aromatic N) is 2. The van der Waals surface area contributed by atoms with Crippen molar-refractivity contribution in [2.75, 3.05) is 19.6 Å². The molecule has 136 valence electrons. The molecule has 4 amide bonds. The minimum Gasteiger partial charge on any atom is -0.352 e. The topological polar surface area (TPSA) is 86.8 Å². The van der Waals surface area contributed by atoms with Gasteiger partial charge in [0.05, 0.1) is 18.4 Å². The van der Waals surface area contributed by atoms with Crippen molar-refractivity contribution in [3.63, 3.8) is 0 Å². The van der Waals surface area contributed by atoms with Gasteiger partial charge in [0, 0.05) is 12.6 Å². The zero-order valence-electron chi connectivity index (χ0n) is 14.9. The van der Waals surface area contributed by atoms with E-state index in [9.17, 15) is 19.2 Å². The summed E-state index contributed by atoms with van der Waals surface area (Å²) in [7, 11) is 0. The molecule has 3 rings (SSSR count). The summed E-state index contributed by atoms with van der Waals surface area (Å²) >= 11 is 0. The van der Waals surface area contributed by atoms with Gasteiger partial charge in [0.1, 0.15) is 6.54 Å². The average Bonchev–Trinajstić information content (AvgIpc) is 3.21. The van der Waals surface area contributed by atoms with Crippen molar-refractivity contribution in [2.24, 2.45) is 23.7 Å². The number of likely N-dealkylation sites (N-methyl/N-ethyl adjacent to an activating group) is 1. The van der Waals surface area contributed by atoms with E-state index in [1.165, 1.54) is 4.90 Å². The summed E-state index contributed by atoms with van der Waals surface area (Å²) in [6.45, 7) is 5.47. The molecule has 0 unspecified atom stereocenters. The van der Waals surface area contributed by atoms with Gasteiger partial charge in [-0.3, -0.25) is 24.1 Å². The van der Waals surface area contributed by atoms with Crippen molar-refractivity contribution in [2.45, 2.75) is 33.2 Å². The standard InChI is InChI=1S/C18H25N3O4/c1-4-20(8-13(22)19-10(2)3)14(23)9-21-17(24)15-11-5-6-12(7-11)16(15)18(21)25/h5-6,10-12,15-16H,4,7-9H2,1-3H3,(H,19,22)/t11-,12-,15+,16+/m0/s1. The van der Waals surface area contributed by atoms with Crippen molar-refractivity contribution in [3.05, 3.63) is 12.2 Å². The SMILES string of the molecule is CCN(CC(=O)NC(C)C)C(=O)CN1C(=O)[C@H]2[C@H](C1=O)[C@H]1C=C[C@H]2C1. The normalized spacial score (nSPS) is 29.5. The minimum absolute atomic E-state index is 0.00889. The molecule has 2 aliphatic carbocycles. The Kier molecular flexibility index (Phi) is 4.67. The maximum Gasteiger partial charge on any atom is 0.243 e. The Morgan fingerprint density at radius 1 is 1.20 bits per heavy atom. The molecule has 7 nitrogen and oxygen atoms in total. The van der Waals surface area contributed by atoms with Crippen LogP contribution in [0.25, 0.3) is 0 Å². The number of rotatable bonds is 6. The Bertz CT molecular complexity index is 612. The number of amides is 4. The number of hydrogen-bond donors (Lipinski definition) is 1. The molecule has 1 saturated heterocycles. The largest absolute Gasteiger partial charge is 0.352 e. The van der Waals surface area contributed by atoms with Crippen molar-refractivity contribution in [1.29, 1.82) is 0 Å². The summed E-state index contributed by atoms with van der Waals surface area (Å²) in [6, 6.07) is -0.00889. The van der Waals surface area contributed by atoms with Gasteiger partial charge in [-0.25, -0.2) is 0 Å². The van der Waals surface area contributed by atoms with Gasteiger partial charge >= 0.3 is 0 Å². The molecule has 25 heavy (non-hydrogen) atoms. The molecule has 0 radical (unpaired) electrons. The number of likely N-dealkylation sites (tertiary alicyclic amines) is 1. The van der Waals surface area contributed by atoms with E-state index < -0.39 is 0 Å². The smallest absolute Gasteiger partial charge is 0.243 e. The second-order valence-electron chi connectivity index (χ2n) is 7.39. The summed E-state index contributed by atoms with van der Waals surface area (Å²) in [4.78, 5) is 52.1. The Hall–Kier alpha value is -2.18. The van der Waals surface area contributed by atoms with E-state index in [4.69, 9.17) is 0 Å². The Balaban J connectivity index is 1.63. The lowest BCUT2D eigenvalue weighted by atomic mass is 9.85. The van der Waals surface area contributed by atoms with Crippen LogP contribution in [-0.4, -0.2) is 59.1 Å². The van der Waals surface area contributed by atoms with Crippen LogP contribution in [0.5, 0.6) is 0 Å². The van der Waals surface area contributed by atoms with E-state index >= 15 is 0 Å². The van der Waals surface area contributed by atoms with Crippen molar-refractivity contribution < 1.29 is 19.2 Å². The summed E-state index contributed by atoms with van der Waals surface area (Å²) in [6.07, 6.45) is 4.92. The summed E-state index contributed by atoms with van der Waals surface area (Å²) in [5.74, 6) is -1.42. The van der Waals surface area contributed by atoms with E-state index in [1.54, 1.807) is 6.92 Å². The molecule has 1 aliphatic heterocycles. The summed E-state index contributed by atoms with van der Waals surface area (Å²) < 4.78 is 0. The van der Waals surface area contributed by atoms with Gasteiger partial charge in [-0.15, -0.1) is 0 Å². The number of carbonyl (C=O) groups excluding carboxylic acids is 4. The molecule has 1 saturated carbocycles. The van der Waals surface area contributed by atoms with Crippen LogP contribution < -0.4 is 5.32 Å². The van der Waals surface area contributed by atoms with Gasteiger partial charge in [0.2, 0.25) is 23.6 Å². The molecular weight excluding hydrogens is 322 g/mol. The molecule has 0 spiro atoms. The van der Waals surface area contributed by atoms with Crippen LogP contribution in [0.3, 0.4) is 0 Å². The van der Waals surface area contributed by atoms with Crippen molar-refractivity contribution in [3.8, 4) is 0 Å². The molecule has 7 heteroatoms. The van der Waals surface area contributed by atoms with Crippen LogP contribution in [0.1, 0.15) is 27.2 Å². The van der Waals surface area contributed by atoms with Crippen molar-refractivity contribution >= 4 is 23.6 Å². The monoisotopic (exact) mass is 347 g/mol. The fourth-order valence-corrected chi connectivity index (χ4v) is 4.27. The predicted octanol–water partition coefficient (Wildman–Crippen LogP) is 0.167. The van der Waals surface area contributed by atoms with Crippen LogP contribution in [-0.2, 0) is 19.2 Å². The molecular formula is C18H25N3O4. The van der Waals surface area contributed by atoms with E-state index in [0.29, 0.717) is 6.54 Å². The second kappa shape index (κ2) is 6.61. The van der Waals surface area contributed by atoms with Gasteiger partial charge in [-0.05, 0) is 39.0 Å². The van der Waals surface area contributed by atoms with E-state index in [2.05, 4.69) is 5.32 Å². The lowest BCUT2D eigenvalue weighted by molar-refractivity contribution is -0.147. The zero-order valence-corrected chi connectivity index (χ0v) is 14.9. The summed E-state index contributed by atoms with van der Waals surface area (Å²) in [5, 5.41) is 2.74.